The molecule has 0 aliphatic heterocycles. The average molecular weight is 904 g/mol. The Labute approximate surface area is 387 Å². The number of amides is 1. The molecule has 2 aromatic heterocycles. The van der Waals surface area contributed by atoms with Crippen LogP contribution in [0.3, 0.4) is 0 Å². The van der Waals surface area contributed by atoms with Gasteiger partial charge in [-0.2, -0.15) is 0 Å². The second-order valence-corrected chi connectivity index (χ2v) is 23.6. The molecule has 1 amide bonds. The number of hydrogen-bond acceptors (Lipinski definition) is 9. The Morgan fingerprint density at radius 1 is 0.894 bits per heavy atom. The van der Waals surface area contributed by atoms with Gasteiger partial charge in [0.2, 0.25) is 5.56 Å². The van der Waals surface area contributed by atoms with E-state index in [1.54, 1.807) is 12.1 Å². The topological polar surface area (TPSA) is 155 Å². The number of fused-ring (bicyclic) bond motifs is 2. The maximum atomic E-state index is 13.4. The Balaban J connectivity index is 0.898. The Morgan fingerprint density at radius 2 is 1.65 bits per heavy atom. The fourth-order valence-electron chi connectivity index (χ4n) is 8.36. The number of nitrogens with one attached hydrogen (secondary N) is 4. The van der Waals surface area contributed by atoms with Crippen LogP contribution >= 0.6 is 0 Å². The zero-order valence-corrected chi connectivity index (χ0v) is 39.5. The molecule has 2 heterocycles. The number of aromatic amines is 1. The second-order valence-electron chi connectivity index (χ2n) is 18.8. The van der Waals surface area contributed by atoms with Crippen LogP contribution in [0.15, 0.2) is 132 Å². The van der Waals surface area contributed by atoms with E-state index < -0.39 is 14.4 Å². The van der Waals surface area contributed by atoms with E-state index in [0.717, 1.165) is 76.5 Å². The first kappa shape index (κ1) is 46.2. The number of nitrogens with zero attached hydrogens (tertiary/aromatic N) is 3. The van der Waals surface area contributed by atoms with E-state index >= 15 is 0 Å². The van der Waals surface area contributed by atoms with Crippen LogP contribution in [0.25, 0.3) is 39.1 Å². The van der Waals surface area contributed by atoms with E-state index in [4.69, 9.17) is 9.16 Å². The summed E-state index contributed by atoms with van der Waals surface area (Å²) >= 11 is 0. The molecule has 342 valence electrons. The van der Waals surface area contributed by atoms with Crippen molar-refractivity contribution in [2.75, 3.05) is 11.9 Å². The summed E-state index contributed by atoms with van der Waals surface area (Å²) in [6, 6.07) is 39.8. The number of ether oxygens (including phenoxy) is 1. The molecule has 12 nitrogen and oxygen atoms in total. The number of rotatable bonds is 16. The fraction of sp³-hybridized carbons (Fsp3) is 0.321. The predicted octanol–water partition coefficient (Wildman–Crippen LogP) is 10.9. The number of phenolic OH excluding ortho intramolecular Hbond substituents is 1. The van der Waals surface area contributed by atoms with Crippen LogP contribution in [0.4, 0.5) is 10.5 Å². The fourth-order valence-corrected chi connectivity index (χ4v) is 9.63. The molecule has 0 saturated heterocycles. The predicted molar refractivity (Wildman–Crippen MR) is 267 cm³/mol. The molecule has 66 heavy (non-hydrogen) atoms. The number of pyridine rings is 1. The molecule has 0 radical (unpaired) electrons. The van der Waals surface area contributed by atoms with E-state index in [1.165, 1.54) is 11.6 Å². The molecule has 1 saturated carbocycles. The van der Waals surface area contributed by atoms with Gasteiger partial charge in [0.1, 0.15) is 17.4 Å². The lowest BCUT2D eigenvalue weighted by Crippen LogP contribution is -2.43. The number of hydrogen-bond donors (Lipinski definition) is 5. The highest BCUT2D eigenvalue weighted by atomic mass is 28.4. The molecular weight excluding hydrogens is 843 g/mol. The van der Waals surface area contributed by atoms with Crippen LogP contribution in [0.1, 0.15) is 74.8 Å². The number of phenols is 1. The van der Waals surface area contributed by atoms with Crippen molar-refractivity contribution in [2.45, 2.75) is 102 Å². The lowest BCUT2D eigenvalue weighted by Gasteiger charge is -2.39. The number of aromatic hydroxyl groups is 1. The molecule has 1 aliphatic carbocycles. The highest BCUT2D eigenvalue weighted by Gasteiger charge is 2.40. The van der Waals surface area contributed by atoms with Gasteiger partial charge in [0.15, 0.2) is 8.32 Å². The summed E-state index contributed by atoms with van der Waals surface area (Å²) in [6.07, 6.45) is 6.74. The molecular formula is C53H61N7O5Si. The molecule has 13 heteroatoms. The van der Waals surface area contributed by atoms with Crippen molar-refractivity contribution in [1.82, 2.24) is 30.6 Å². The molecule has 0 spiro atoms. The molecule has 1 atom stereocenters. The highest BCUT2D eigenvalue weighted by Crippen LogP contribution is 2.41. The van der Waals surface area contributed by atoms with Crippen LogP contribution < -0.4 is 21.5 Å². The standard InChI is InChI=1S/C53H61N7O5Si/c1-53(2,3)66(4,5)65-49(43-25-28-48(61)51-44(43)26-29-50(62)57-51)35-54-33-38-19-27-47-46(32-38)58-59-60(47)30-12-15-36-18-24-42(39-16-10-7-11-17-39)45(31-36)56-52(63)64-41-22-20-40(21-23-41)55-34-37-13-8-6-9-14-37/h6-19,24-29,31-32,40-41,49,54-55,61H,20-23,30,33-35H2,1-5H3,(H,56,63)(H,57,62)/b15-12+/t40?,41?,49-/m0/s1. The average Bonchev–Trinajstić information content (AvgIpc) is 3.71. The number of carbonyl (C=O) groups is 1. The number of anilines is 1. The number of aromatic nitrogens is 4. The maximum absolute atomic E-state index is 13.4. The van der Waals surface area contributed by atoms with Gasteiger partial charge in [-0.25, -0.2) is 9.48 Å². The molecule has 5 N–H and O–H groups in total. The van der Waals surface area contributed by atoms with Gasteiger partial charge >= 0.3 is 6.09 Å². The molecule has 0 bridgehead atoms. The van der Waals surface area contributed by atoms with Gasteiger partial charge in [0, 0.05) is 42.7 Å². The first-order chi connectivity index (χ1) is 31.8. The van der Waals surface area contributed by atoms with Crippen LogP contribution in [0.2, 0.25) is 18.1 Å². The van der Waals surface area contributed by atoms with E-state index in [0.29, 0.717) is 36.9 Å². The Kier molecular flexibility index (Phi) is 14.3. The summed E-state index contributed by atoms with van der Waals surface area (Å²) in [5.74, 6) is 0.0251. The summed E-state index contributed by atoms with van der Waals surface area (Å²) in [6.45, 7) is 13.5. The lowest BCUT2D eigenvalue weighted by atomic mass is 9.93. The van der Waals surface area contributed by atoms with Crippen molar-refractivity contribution in [2.24, 2.45) is 0 Å². The van der Waals surface area contributed by atoms with Crippen molar-refractivity contribution >= 4 is 48.1 Å². The van der Waals surface area contributed by atoms with Gasteiger partial charge in [-0.1, -0.05) is 123 Å². The van der Waals surface area contributed by atoms with Crippen LogP contribution in [-0.2, 0) is 28.8 Å². The first-order valence-corrected chi connectivity index (χ1v) is 25.9. The minimum atomic E-state index is -2.23. The van der Waals surface area contributed by atoms with Gasteiger partial charge in [0.25, 0.3) is 0 Å². The summed E-state index contributed by atoms with van der Waals surface area (Å²) in [5, 5.41) is 30.6. The number of carbonyl (C=O) groups excluding carboxylic acids is 1. The molecule has 1 aliphatic rings. The Hall–Kier alpha value is -6.38. The van der Waals surface area contributed by atoms with Crippen molar-refractivity contribution < 1.29 is 19.1 Å². The smallest absolute Gasteiger partial charge is 0.411 e. The minimum Gasteiger partial charge on any atom is -0.506 e. The Bertz CT molecular complexity index is 2850. The SMILES string of the molecule is CC(C)(C)[Si](C)(C)O[C@@H](CNCc1ccc2c(c1)nnn2C/C=C/c1ccc(-c2ccccc2)c(NC(=O)OC2CCC(NCc3ccccc3)CC2)c1)c1ccc(O)c2[nH]c(=O)ccc12. The van der Waals surface area contributed by atoms with E-state index in [1.807, 2.05) is 89.6 Å². The minimum absolute atomic E-state index is 0.0251. The quantitative estimate of drug-likeness (QED) is 0.0596. The van der Waals surface area contributed by atoms with Crippen molar-refractivity contribution in [3.05, 3.63) is 160 Å². The molecule has 7 aromatic rings. The van der Waals surface area contributed by atoms with Gasteiger partial charge in [0.05, 0.1) is 29.4 Å². The van der Waals surface area contributed by atoms with Gasteiger partial charge in [-0.05, 0) is 102 Å². The Morgan fingerprint density at radius 3 is 2.41 bits per heavy atom. The highest BCUT2D eigenvalue weighted by molar-refractivity contribution is 6.74. The summed E-state index contributed by atoms with van der Waals surface area (Å²) in [5.41, 5.74) is 8.59. The lowest BCUT2D eigenvalue weighted by molar-refractivity contribution is 0.0790. The number of H-pyrrole nitrogens is 1. The third-order valence-corrected chi connectivity index (χ3v) is 17.6. The largest absolute Gasteiger partial charge is 0.506 e. The van der Waals surface area contributed by atoms with E-state index in [-0.39, 0.29) is 28.6 Å². The normalized spacial score (nSPS) is 16.2. The van der Waals surface area contributed by atoms with Crippen molar-refractivity contribution in [3.63, 3.8) is 0 Å². The summed E-state index contributed by atoms with van der Waals surface area (Å²) < 4.78 is 14.8. The number of allylic oxidation sites excluding steroid dienone is 1. The summed E-state index contributed by atoms with van der Waals surface area (Å²) in [7, 11) is -2.23. The molecule has 1 fully saturated rings. The van der Waals surface area contributed by atoms with Crippen LogP contribution in [0.5, 0.6) is 5.75 Å². The van der Waals surface area contributed by atoms with Gasteiger partial charge in [-0.3, -0.25) is 10.1 Å². The van der Waals surface area contributed by atoms with E-state index in [9.17, 15) is 14.7 Å². The first-order valence-electron chi connectivity index (χ1n) is 23.0. The second kappa shape index (κ2) is 20.4. The third-order valence-electron chi connectivity index (χ3n) is 13.1. The van der Waals surface area contributed by atoms with Crippen LogP contribution in [0, 0.1) is 0 Å². The van der Waals surface area contributed by atoms with Crippen molar-refractivity contribution in [1.29, 1.82) is 0 Å². The zero-order valence-electron chi connectivity index (χ0n) is 38.5. The van der Waals surface area contributed by atoms with Crippen molar-refractivity contribution in [3.8, 4) is 16.9 Å². The number of benzene rings is 5. The molecule has 0 unspecified atom stereocenters. The summed E-state index contributed by atoms with van der Waals surface area (Å²) in [4.78, 5) is 28.3. The third kappa shape index (κ3) is 11.3. The molecule has 5 aromatic carbocycles. The maximum Gasteiger partial charge on any atom is 0.411 e. The molecule has 8 rings (SSSR count). The van der Waals surface area contributed by atoms with Gasteiger partial charge < -0.3 is 29.9 Å². The van der Waals surface area contributed by atoms with E-state index in [2.05, 4.69) is 95.4 Å². The van der Waals surface area contributed by atoms with Gasteiger partial charge in [-0.15, -0.1) is 5.10 Å². The monoisotopic (exact) mass is 903 g/mol. The zero-order chi connectivity index (χ0) is 46.3. The van der Waals surface area contributed by atoms with Crippen LogP contribution in [-0.4, -0.2) is 58.2 Å².